The van der Waals surface area contributed by atoms with E-state index in [-0.39, 0.29) is 11.6 Å². The van der Waals surface area contributed by atoms with E-state index in [1.807, 2.05) is 0 Å². The average molecular weight is 280 g/mol. The van der Waals surface area contributed by atoms with Crippen LogP contribution in [0.3, 0.4) is 0 Å². The van der Waals surface area contributed by atoms with E-state index in [1.54, 1.807) is 6.07 Å². The molecule has 1 aromatic carbocycles. The predicted molar refractivity (Wildman–Crippen MR) is 74.6 cm³/mol. The first-order valence-corrected chi connectivity index (χ1v) is 6.99. The molecule has 20 heavy (non-hydrogen) atoms. The van der Waals surface area contributed by atoms with E-state index in [1.165, 1.54) is 18.2 Å². The highest BCUT2D eigenvalue weighted by molar-refractivity contribution is 5.82. The fourth-order valence-corrected chi connectivity index (χ4v) is 2.50. The zero-order valence-corrected chi connectivity index (χ0v) is 11.7. The quantitative estimate of drug-likeness (QED) is 0.881. The van der Waals surface area contributed by atoms with E-state index in [0.29, 0.717) is 0 Å². The molecule has 1 amide bonds. The van der Waals surface area contributed by atoms with Gasteiger partial charge in [0, 0.05) is 11.6 Å². The van der Waals surface area contributed by atoms with E-state index in [4.69, 9.17) is 0 Å². The molecule has 1 saturated heterocycles. The summed E-state index contributed by atoms with van der Waals surface area (Å²) in [5, 5.41) is 12.8. The molecule has 5 heteroatoms. The van der Waals surface area contributed by atoms with Gasteiger partial charge >= 0.3 is 0 Å². The van der Waals surface area contributed by atoms with Crippen molar-refractivity contribution in [3.05, 3.63) is 35.6 Å². The van der Waals surface area contributed by atoms with Crippen LogP contribution in [0.15, 0.2) is 24.3 Å². The van der Waals surface area contributed by atoms with Crippen molar-refractivity contribution in [1.29, 1.82) is 0 Å². The molecule has 0 aromatic heterocycles. The molecule has 1 aliphatic heterocycles. The van der Waals surface area contributed by atoms with Gasteiger partial charge in [-0.2, -0.15) is 0 Å². The second-order valence-corrected chi connectivity index (χ2v) is 5.36. The molecule has 110 valence electrons. The van der Waals surface area contributed by atoms with Crippen LogP contribution in [-0.4, -0.2) is 42.1 Å². The number of nitrogens with zero attached hydrogens (tertiary/aromatic N) is 1. The highest BCUT2D eigenvalue weighted by Gasteiger charge is 2.24. The summed E-state index contributed by atoms with van der Waals surface area (Å²) >= 11 is 0. The molecule has 1 aromatic rings. The third kappa shape index (κ3) is 3.77. The Balaban J connectivity index is 1.96. The van der Waals surface area contributed by atoms with Crippen LogP contribution in [0.2, 0.25) is 0 Å². The molecule has 1 heterocycles. The lowest BCUT2D eigenvalue weighted by Gasteiger charge is -2.19. The van der Waals surface area contributed by atoms with Crippen LogP contribution in [0, 0.1) is 5.82 Å². The Kier molecular flexibility index (Phi) is 5.09. The summed E-state index contributed by atoms with van der Waals surface area (Å²) in [6.07, 6.45) is 1.31. The third-order valence-electron chi connectivity index (χ3n) is 3.75. The lowest BCUT2D eigenvalue weighted by Crippen LogP contribution is -2.38. The van der Waals surface area contributed by atoms with E-state index in [2.05, 4.69) is 17.3 Å². The minimum Gasteiger partial charge on any atom is -0.378 e. The second kappa shape index (κ2) is 6.81. The van der Waals surface area contributed by atoms with Crippen molar-refractivity contribution in [3.63, 3.8) is 0 Å². The van der Waals surface area contributed by atoms with Crippen LogP contribution in [0.5, 0.6) is 0 Å². The highest BCUT2D eigenvalue weighted by atomic mass is 19.1. The molecule has 0 spiro atoms. The van der Waals surface area contributed by atoms with Crippen molar-refractivity contribution in [2.45, 2.75) is 31.4 Å². The maximum absolute atomic E-state index is 13.5. The van der Waals surface area contributed by atoms with E-state index in [0.717, 1.165) is 32.4 Å². The number of rotatable bonds is 3. The molecular weight excluding hydrogens is 259 g/mol. The smallest absolute Gasteiger partial charge is 0.253 e. The Morgan fingerprint density at radius 2 is 2.15 bits per heavy atom. The highest BCUT2D eigenvalue weighted by Crippen LogP contribution is 2.18. The van der Waals surface area contributed by atoms with Gasteiger partial charge in [0.25, 0.3) is 5.91 Å². The fraction of sp³-hybridized carbons (Fsp3) is 0.533. The molecule has 0 saturated carbocycles. The summed E-state index contributed by atoms with van der Waals surface area (Å²) in [6.45, 7) is 1.93. The van der Waals surface area contributed by atoms with Gasteiger partial charge in [-0.1, -0.05) is 18.2 Å². The van der Waals surface area contributed by atoms with Crippen LogP contribution in [-0.2, 0) is 4.79 Å². The molecule has 2 atom stereocenters. The van der Waals surface area contributed by atoms with Crippen molar-refractivity contribution < 1.29 is 14.3 Å². The molecule has 1 unspecified atom stereocenters. The number of amides is 1. The van der Waals surface area contributed by atoms with Crippen molar-refractivity contribution in [1.82, 2.24) is 10.2 Å². The number of likely N-dealkylation sites (tertiary alicyclic amines) is 1. The standard InChI is InChI=1S/C15H21FN2O2/c1-18-9-4-5-11(8-10-18)17-15(20)14(19)12-6-2-3-7-13(12)16/h2-3,6-7,11,14,19H,4-5,8-10H2,1H3,(H,17,20)/t11?,14-/m1/s1. The number of nitrogens with one attached hydrogen (secondary N) is 1. The Hall–Kier alpha value is -1.46. The van der Waals surface area contributed by atoms with Crippen LogP contribution in [0.1, 0.15) is 30.9 Å². The molecule has 1 aliphatic rings. The van der Waals surface area contributed by atoms with Crippen molar-refractivity contribution in [3.8, 4) is 0 Å². The van der Waals surface area contributed by atoms with Gasteiger partial charge in [0.1, 0.15) is 5.82 Å². The Morgan fingerprint density at radius 3 is 2.90 bits per heavy atom. The van der Waals surface area contributed by atoms with E-state index >= 15 is 0 Å². The molecule has 4 nitrogen and oxygen atoms in total. The molecule has 1 fully saturated rings. The monoisotopic (exact) mass is 280 g/mol. The maximum Gasteiger partial charge on any atom is 0.253 e. The van der Waals surface area contributed by atoms with Crippen molar-refractivity contribution in [2.24, 2.45) is 0 Å². The summed E-state index contributed by atoms with van der Waals surface area (Å²) in [4.78, 5) is 14.2. The van der Waals surface area contributed by atoms with Crippen LogP contribution in [0.4, 0.5) is 4.39 Å². The zero-order valence-electron chi connectivity index (χ0n) is 11.7. The normalized spacial score (nSPS) is 22.1. The first-order valence-electron chi connectivity index (χ1n) is 6.99. The molecule has 2 N–H and O–H groups in total. The topological polar surface area (TPSA) is 52.6 Å². The third-order valence-corrected chi connectivity index (χ3v) is 3.75. The van der Waals surface area contributed by atoms with Gasteiger partial charge in [0.15, 0.2) is 6.10 Å². The number of benzene rings is 1. The largest absolute Gasteiger partial charge is 0.378 e. The second-order valence-electron chi connectivity index (χ2n) is 5.36. The van der Waals surface area contributed by atoms with E-state index < -0.39 is 17.8 Å². The van der Waals surface area contributed by atoms with Gasteiger partial charge in [-0.15, -0.1) is 0 Å². The summed E-state index contributed by atoms with van der Waals surface area (Å²) in [6, 6.07) is 5.86. The van der Waals surface area contributed by atoms with Crippen LogP contribution >= 0.6 is 0 Å². The zero-order chi connectivity index (χ0) is 14.5. The number of hydrogen-bond donors (Lipinski definition) is 2. The van der Waals surface area contributed by atoms with Crippen molar-refractivity contribution in [2.75, 3.05) is 20.1 Å². The molecule has 2 rings (SSSR count). The number of hydrogen-bond acceptors (Lipinski definition) is 3. The molecular formula is C15H21FN2O2. The minimum atomic E-state index is -1.45. The maximum atomic E-state index is 13.5. The molecule has 0 bridgehead atoms. The summed E-state index contributed by atoms with van der Waals surface area (Å²) in [7, 11) is 2.05. The summed E-state index contributed by atoms with van der Waals surface area (Å²) in [5.41, 5.74) is 0.0238. The number of aliphatic hydroxyl groups excluding tert-OH is 1. The van der Waals surface area contributed by atoms with Gasteiger partial charge in [0.2, 0.25) is 0 Å². The van der Waals surface area contributed by atoms with Gasteiger partial charge < -0.3 is 15.3 Å². The van der Waals surface area contributed by atoms with Gasteiger partial charge in [0.05, 0.1) is 0 Å². The first kappa shape index (κ1) is 14.9. The number of carbonyl (C=O) groups excluding carboxylic acids is 1. The lowest BCUT2D eigenvalue weighted by molar-refractivity contribution is -0.130. The Labute approximate surface area is 118 Å². The number of carbonyl (C=O) groups is 1. The molecule has 0 aliphatic carbocycles. The average Bonchev–Trinajstić information content (AvgIpc) is 2.63. The van der Waals surface area contributed by atoms with Crippen LogP contribution in [0.25, 0.3) is 0 Å². The molecule has 0 radical (unpaired) electrons. The Morgan fingerprint density at radius 1 is 1.40 bits per heavy atom. The number of halogens is 1. The summed E-state index contributed by atoms with van der Waals surface area (Å²) in [5.74, 6) is -1.08. The lowest BCUT2D eigenvalue weighted by atomic mass is 10.1. The minimum absolute atomic E-state index is 0.0238. The van der Waals surface area contributed by atoms with E-state index in [9.17, 15) is 14.3 Å². The van der Waals surface area contributed by atoms with Gasteiger partial charge in [-0.05, 0) is 45.5 Å². The first-order chi connectivity index (χ1) is 9.58. The SMILES string of the molecule is CN1CCCC(NC(=O)[C@H](O)c2ccccc2F)CC1. The van der Waals surface area contributed by atoms with Gasteiger partial charge in [-0.3, -0.25) is 4.79 Å². The predicted octanol–water partition coefficient (Wildman–Crippen LogP) is 1.46. The summed E-state index contributed by atoms with van der Waals surface area (Å²) < 4.78 is 13.5. The van der Waals surface area contributed by atoms with Crippen molar-refractivity contribution >= 4 is 5.91 Å². The fourth-order valence-electron chi connectivity index (χ4n) is 2.50. The van der Waals surface area contributed by atoms with Crippen LogP contribution < -0.4 is 5.32 Å². The van der Waals surface area contributed by atoms with Gasteiger partial charge in [-0.25, -0.2) is 4.39 Å². The number of aliphatic hydroxyl groups is 1. The Bertz CT molecular complexity index is 467.